The molecule has 6 nitrogen and oxygen atoms in total. The van der Waals surface area contributed by atoms with Gasteiger partial charge in [0, 0.05) is 12.6 Å². The van der Waals surface area contributed by atoms with Crippen molar-refractivity contribution in [3.8, 4) is 0 Å². The predicted molar refractivity (Wildman–Crippen MR) is 52.2 cm³/mol. The van der Waals surface area contributed by atoms with Gasteiger partial charge in [-0.1, -0.05) is 0 Å². The second-order valence-electron chi connectivity index (χ2n) is 3.13. The number of halogens is 3. The van der Waals surface area contributed by atoms with Gasteiger partial charge in [-0.2, -0.15) is 18.3 Å². The molecule has 0 aliphatic rings. The highest BCUT2D eigenvalue weighted by Crippen LogP contribution is 2.13. The van der Waals surface area contributed by atoms with E-state index in [-0.39, 0.29) is 24.7 Å². The number of nitrogens with two attached hydrogens (primary N) is 1. The number of nitrogen functional groups attached to an aromatic ring is 1. The number of hydrogen-bond donors (Lipinski definition) is 3. The summed E-state index contributed by atoms with van der Waals surface area (Å²) < 4.78 is 39.3. The molecule has 1 rings (SSSR count). The van der Waals surface area contributed by atoms with Gasteiger partial charge < -0.3 is 15.8 Å². The number of hydrogen-bond acceptors (Lipinski definition) is 4. The third-order valence-corrected chi connectivity index (χ3v) is 1.64. The molecule has 0 unspecified atom stereocenters. The van der Waals surface area contributed by atoms with Gasteiger partial charge in [-0.15, -0.1) is 0 Å². The van der Waals surface area contributed by atoms with Crippen molar-refractivity contribution in [3.63, 3.8) is 0 Å². The Morgan fingerprint density at radius 3 is 2.82 bits per heavy atom. The molecule has 9 heteroatoms. The number of nitrogens with zero attached hydrogens (tertiary/aromatic N) is 1. The van der Waals surface area contributed by atoms with E-state index in [9.17, 15) is 18.0 Å². The van der Waals surface area contributed by atoms with Crippen molar-refractivity contribution in [1.82, 2.24) is 15.5 Å². The van der Waals surface area contributed by atoms with Crippen LogP contribution in [0, 0.1) is 0 Å². The number of ether oxygens (including phenoxy) is 1. The van der Waals surface area contributed by atoms with E-state index in [0.717, 1.165) is 0 Å². The fraction of sp³-hybridized carbons (Fsp3) is 0.500. The lowest BCUT2D eigenvalue weighted by Crippen LogP contribution is -2.29. The average molecular weight is 252 g/mol. The van der Waals surface area contributed by atoms with E-state index in [2.05, 4.69) is 20.3 Å². The Kier molecular flexibility index (Phi) is 4.32. The van der Waals surface area contributed by atoms with Crippen molar-refractivity contribution in [1.29, 1.82) is 0 Å². The Hall–Kier alpha value is -1.77. The number of nitrogens with one attached hydrogen (secondary N) is 2. The minimum Gasteiger partial charge on any atom is -0.382 e. The molecule has 1 heterocycles. The van der Waals surface area contributed by atoms with E-state index in [1.54, 1.807) is 0 Å². The number of rotatable bonds is 5. The van der Waals surface area contributed by atoms with E-state index >= 15 is 0 Å². The number of carbonyl (C=O) groups excluding carboxylic acids is 1. The normalized spacial score (nSPS) is 11.5. The van der Waals surface area contributed by atoms with Crippen molar-refractivity contribution < 1.29 is 22.7 Å². The lowest BCUT2D eigenvalue weighted by Gasteiger charge is -2.07. The average Bonchev–Trinajstić information content (AvgIpc) is 2.62. The summed E-state index contributed by atoms with van der Waals surface area (Å²) in [4.78, 5) is 11.3. The number of carbonyl (C=O) groups is 1. The molecule has 96 valence electrons. The van der Waals surface area contributed by atoms with Gasteiger partial charge in [-0.05, 0) is 0 Å². The molecule has 0 radical (unpaired) electrons. The van der Waals surface area contributed by atoms with Crippen molar-refractivity contribution in [2.45, 2.75) is 6.18 Å². The second kappa shape index (κ2) is 5.53. The van der Waals surface area contributed by atoms with Gasteiger partial charge in [0.25, 0.3) is 5.91 Å². The maximum atomic E-state index is 11.7. The number of H-pyrrole nitrogens is 1. The molecule has 0 saturated carbocycles. The van der Waals surface area contributed by atoms with Crippen LogP contribution in [0.1, 0.15) is 10.5 Å². The van der Waals surface area contributed by atoms with E-state index in [1.807, 2.05) is 0 Å². The maximum Gasteiger partial charge on any atom is 0.411 e. The van der Waals surface area contributed by atoms with Crippen LogP contribution in [0.15, 0.2) is 6.07 Å². The van der Waals surface area contributed by atoms with Crippen molar-refractivity contribution in [2.75, 3.05) is 25.5 Å². The highest BCUT2D eigenvalue weighted by molar-refractivity contribution is 5.92. The van der Waals surface area contributed by atoms with Crippen LogP contribution in [0.3, 0.4) is 0 Å². The van der Waals surface area contributed by atoms with Crippen LogP contribution in [0.4, 0.5) is 19.0 Å². The Labute approximate surface area is 94.3 Å². The summed E-state index contributed by atoms with van der Waals surface area (Å²) in [6.07, 6.45) is -4.36. The van der Waals surface area contributed by atoms with Crippen LogP contribution in [-0.2, 0) is 4.74 Å². The molecule has 0 aliphatic carbocycles. The molecule has 0 aromatic carbocycles. The molecule has 0 spiro atoms. The van der Waals surface area contributed by atoms with Crippen LogP contribution < -0.4 is 11.1 Å². The van der Waals surface area contributed by atoms with Gasteiger partial charge in [0.2, 0.25) is 0 Å². The summed E-state index contributed by atoms with van der Waals surface area (Å²) in [7, 11) is 0. The molecule has 17 heavy (non-hydrogen) atoms. The molecule has 1 amide bonds. The van der Waals surface area contributed by atoms with Crippen LogP contribution >= 0.6 is 0 Å². The molecule has 4 N–H and O–H groups in total. The first-order valence-corrected chi connectivity index (χ1v) is 4.62. The molecule has 0 atom stereocenters. The van der Waals surface area contributed by atoms with Gasteiger partial charge in [0.15, 0.2) is 0 Å². The second-order valence-corrected chi connectivity index (χ2v) is 3.13. The fourth-order valence-corrected chi connectivity index (χ4v) is 0.973. The first-order valence-electron chi connectivity index (χ1n) is 4.62. The van der Waals surface area contributed by atoms with E-state index in [4.69, 9.17) is 5.73 Å². The zero-order valence-electron chi connectivity index (χ0n) is 8.67. The Morgan fingerprint density at radius 1 is 1.59 bits per heavy atom. The molecular formula is C8H11F3N4O2. The largest absolute Gasteiger partial charge is 0.411 e. The van der Waals surface area contributed by atoms with Crippen molar-refractivity contribution >= 4 is 11.7 Å². The predicted octanol–water partition coefficient (Wildman–Crippen LogP) is 0.301. The smallest absolute Gasteiger partial charge is 0.382 e. The number of aromatic amines is 1. The molecule has 0 saturated heterocycles. The quantitative estimate of drug-likeness (QED) is 0.657. The third kappa shape index (κ3) is 5.20. The van der Waals surface area contributed by atoms with Gasteiger partial charge in [-0.3, -0.25) is 9.89 Å². The minimum absolute atomic E-state index is 0.0339. The standard InChI is InChI=1S/C8H11F3N4O2/c9-8(10,11)4-17-2-1-13-7(16)5-3-6(12)15-14-5/h3H,1-2,4H2,(H,13,16)(H3,12,14,15). The number of amides is 1. The molecular weight excluding hydrogens is 241 g/mol. The monoisotopic (exact) mass is 252 g/mol. The summed E-state index contributed by atoms with van der Waals surface area (Å²) in [5, 5.41) is 8.23. The first kappa shape index (κ1) is 13.3. The number of alkyl halides is 3. The molecule has 0 bridgehead atoms. The Morgan fingerprint density at radius 2 is 2.29 bits per heavy atom. The highest BCUT2D eigenvalue weighted by atomic mass is 19.4. The topological polar surface area (TPSA) is 93.0 Å². The Bertz CT molecular complexity index is 377. The number of aromatic nitrogens is 2. The van der Waals surface area contributed by atoms with E-state index < -0.39 is 18.7 Å². The lowest BCUT2D eigenvalue weighted by molar-refractivity contribution is -0.173. The van der Waals surface area contributed by atoms with Crippen molar-refractivity contribution in [3.05, 3.63) is 11.8 Å². The highest BCUT2D eigenvalue weighted by Gasteiger charge is 2.27. The van der Waals surface area contributed by atoms with Gasteiger partial charge in [0.05, 0.1) is 6.61 Å². The SMILES string of the molecule is Nc1cc(C(=O)NCCOCC(F)(F)F)[nH]n1. The van der Waals surface area contributed by atoms with Crippen LogP contribution in [0.2, 0.25) is 0 Å². The summed E-state index contributed by atoms with van der Waals surface area (Å²) in [5.74, 6) is -0.353. The first-order chi connectivity index (χ1) is 7.88. The van der Waals surface area contributed by atoms with E-state index in [1.165, 1.54) is 6.07 Å². The summed E-state index contributed by atoms with van der Waals surface area (Å²) in [5.41, 5.74) is 5.41. The Balaban J connectivity index is 2.17. The summed E-state index contributed by atoms with van der Waals surface area (Å²) in [6, 6.07) is 1.31. The third-order valence-electron chi connectivity index (χ3n) is 1.64. The van der Waals surface area contributed by atoms with E-state index in [0.29, 0.717) is 0 Å². The van der Waals surface area contributed by atoms with Gasteiger partial charge >= 0.3 is 6.18 Å². The lowest BCUT2D eigenvalue weighted by atomic mass is 10.4. The molecule has 1 aromatic rings. The van der Waals surface area contributed by atoms with Crippen LogP contribution in [-0.4, -0.2) is 42.0 Å². The zero-order chi connectivity index (χ0) is 12.9. The molecule has 0 aliphatic heterocycles. The zero-order valence-corrected chi connectivity index (χ0v) is 8.67. The van der Waals surface area contributed by atoms with Crippen LogP contribution in [0.5, 0.6) is 0 Å². The maximum absolute atomic E-state index is 11.7. The number of anilines is 1. The summed E-state index contributed by atoms with van der Waals surface area (Å²) >= 11 is 0. The fourth-order valence-electron chi connectivity index (χ4n) is 0.973. The molecule has 1 aromatic heterocycles. The van der Waals surface area contributed by atoms with Gasteiger partial charge in [0.1, 0.15) is 18.1 Å². The molecule has 0 fully saturated rings. The summed E-state index contributed by atoms with van der Waals surface area (Å²) in [6.45, 7) is -1.59. The van der Waals surface area contributed by atoms with Crippen LogP contribution in [0.25, 0.3) is 0 Å². The minimum atomic E-state index is -4.36. The van der Waals surface area contributed by atoms with Gasteiger partial charge in [-0.25, -0.2) is 0 Å². The van der Waals surface area contributed by atoms with Crippen molar-refractivity contribution in [2.24, 2.45) is 0 Å².